The largest absolute Gasteiger partial charge is 0.303 e. The number of nitrogens with one attached hydrogen (secondary N) is 1. The molecular weight excluding hydrogens is 262 g/mol. The second kappa shape index (κ2) is 6.76. The van der Waals surface area contributed by atoms with Gasteiger partial charge in [-0.25, -0.2) is 4.98 Å². The molecule has 1 N–H and O–H groups in total. The van der Waals surface area contributed by atoms with Crippen LogP contribution in [0.4, 0.5) is 0 Å². The Balaban J connectivity index is 1.73. The maximum Gasteiger partial charge on any atom is 0.137 e. The number of pyridine rings is 1. The highest BCUT2D eigenvalue weighted by Crippen LogP contribution is 2.19. The predicted octanol–water partition coefficient (Wildman–Crippen LogP) is 2.05. The van der Waals surface area contributed by atoms with Gasteiger partial charge in [0.05, 0.1) is 18.3 Å². The molecule has 0 saturated heterocycles. The van der Waals surface area contributed by atoms with Gasteiger partial charge < -0.3 is 5.32 Å². The molecule has 0 aliphatic carbocycles. The molecule has 0 saturated carbocycles. The fourth-order valence-electron chi connectivity index (χ4n) is 2.26. The summed E-state index contributed by atoms with van der Waals surface area (Å²) in [7, 11) is 0. The van der Waals surface area contributed by atoms with Crippen LogP contribution in [0.2, 0.25) is 0 Å². The van der Waals surface area contributed by atoms with Crippen LogP contribution in [0, 0.1) is 0 Å². The van der Waals surface area contributed by atoms with Crippen LogP contribution in [0.1, 0.15) is 17.3 Å². The van der Waals surface area contributed by atoms with Crippen molar-refractivity contribution < 1.29 is 0 Å². The first-order valence-electron chi connectivity index (χ1n) is 6.95. The van der Waals surface area contributed by atoms with E-state index in [2.05, 4.69) is 32.5 Å². The quantitative estimate of drug-likeness (QED) is 0.750. The Morgan fingerprint density at radius 3 is 2.62 bits per heavy atom. The van der Waals surface area contributed by atoms with Gasteiger partial charge in [-0.05, 0) is 17.7 Å². The summed E-state index contributed by atoms with van der Waals surface area (Å²) in [6.45, 7) is 1.57. The second-order valence-electron chi connectivity index (χ2n) is 4.71. The minimum absolute atomic E-state index is 0.0796. The molecule has 0 bridgehead atoms. The number of nitrogens with zero attached hydrogens (tertiary/aromatic N) is 4. The number of hydrogen-bond acceptors (Lipinski definition) is 4. The van der Waals surface area contributed by atoms with Crippen molar-refractivity contribution in [3.8, 4) is 0 Å². The van der Waals surface area contributed by atoms with Crippen LogP contribution >= 0.6 is 0 Å². The minimum Gasteiger partial charge on any atom is -0.303 e. The van der Waals surface area contributed by atoms with Crippen LogP contribution < -0.4 is 5.32 Å². The molecule has 0 amide bonds. The zero-order chi connectivity index (χ0) is 14.3. The SMILES string of the molecule is c1ccc(C(NCCn2cncn2)c2ccccn2)cc1. The van der Waals surface area contributed by atoms with E-state index in [1.807, 2.05) is 47.3 Å². The summed E-state index contributed by atoms with van der Waals surface area (Å²) in [5, 5.41) is 7.65. The van der Waals surface area contributed by atoms with E-state index in [0.717, 1.165) is 18.8 Å². The summed E-state index contributed by atoms with van der Waals surface area (Å²) in [4.78, 5) is 8.42. The first-order chi connectivity index (χ1) is 10.4. The van der Waals surface area contributed by atoms with Gasteiger partial charge in [-0.3, -0.25) is 9.67 Å². The molecule has 0 spiro atoms. The van der Waals surface area contributed by atoms with Crippen molar-refractivity contribution >= 4 is 0 Å². The zero-order valence-electron chi connectivity index (χ0n) is 11.6. The smallest absolute Gasteiger partial charge is 0.137 e. The molecule has 21 heavy (non-hydrogen) atoms. The summed E-state index contributed by atoms with van der Waals surface area (Å²) in [5.41, 5.74) is 2.22. The fraction of sp³-hybridized carbons (Fsp3) is 0.188. The number of benzene rings is 1. The van der Waals surface area contributed by atoms with Crippen LogP contribution in [0.5, 0.6) is 0 Å². The van der Waals surface area contributed by atoms with Crippen LogP contribution in [0.15, 0.2) is 67.4 Å². The van der Waals surface area contributed by atoms with Crippen LogP contribution in [0.3, 0.4) is 0 Å². The minimum atomic E-state index is 0.0796. The van der Waals surface area contributed by atoms with Gasteiger partial charge >= 0.3 is 0 Å². The maximum absolute atomic E-state index is 4.47. The van der Waals surface area contributed by atoms with Crippen LogP contribution in [-0.2, 0) is 6.54 Å². The third kappa shape index (κ3) is 3.52. The van der Waals surface area contributed by atoms with Gasteiger partial charge in [-0.15, -0.1) is 0 Å². The van der Waals surface area contributed by atoms with E-state index in [0.29, 0.717) is 0 Å². The van der Waals surface area contributed by atoms with Crippen molar-refractivity contribution in [2.45, 2.75) is 12.6 Å². The molecule has 1 atom stereocenters. The van der Waals surface area contributed by atoms with Crippen molar-refractivity contribution in [1.82, 2.24) is 25.1 Å². The highest BCUT2D eigenvalue weighted by Gasteiger charge is 2.13. The fourth-order valence-corrected chi connectivity index (χ4v) is 2.26. The lowest BCUT2D eigenvalue weighted by Gasteiger charge is -2.18. The van der Waals surface area contributed by atoms with Crippen molar-refractivity contribution in [3.05, 3.63) is 78.6 Å². The third-order valence-corrected chi connectivity index (χ3v) is 3.27. The van der Waals surface area contributed by atoms with Crippen molar-refractivity contribution in [1.29, 1.82) is 0 Å². The Hall–Kier alpha value is -2.53. The van der Waals surface area contributed by atoms with E-state index in [4.69, 9.17) is 0 Å². The van der Waals surface area contributed by atoms with E-state index < -0.39 is 0 Å². The molecule has 0 aliphatic rings. The van der Waals surface area contributed by atoms with Crippen LogP contribution in [-0.4, -0.2) is 26.3 Å². The van der Waals surface area contributed by atoms with Gasteiger partial charge in [0, 0.05) is 12.7 Å². The van der Waals surface area contributed by atoms with E-state index in [9.17, 15) is 0 Å². The Bertz CT molecular complexity index is 597. The molecule has 5 heteroatoms. The Morgan fingerprint density at radius 1 is 1.05 bits per heavy atom. The van der Waals surface area contributed by atoms with Crippen molar-refractivity contribution in [2.75, 3.05) is 6.54 Å². The first kappa shape index (κ1) is 13.5. The summed E-state index contributed by atoms with van der Waals surface area (Å²) in [6.07, 6.45) is 5.10. The lowest BCUT2D eigenvalue weighted by molar-refractivity contribution is 0.516. The predicted molar refractivity (Wildman–Crippen MR) is 80.5 cm³/mol. The molecule has 5 nitrogen and oxygen atoms in total. The molecule has 1 unspecified atom stereocenters. The average Bonchev–Trinajstić information content (AvgIpc) is 3.07. The second-order valence-corrected chi connectivity index (χ2v) is 4.71. The molecule has 106 valence electrons. The van der Waals surface area contributed by atoms with E-state index in [1.165, 1.54) is 5.56 Å². The maximum atomic E-state index is 4.47. The summed E-state index contributed by atoms with van der Waals surface area (Å²) < 4.78 is 1.81. The Morgan fingerprint density at radius 2 is 1.90 bits per heavy atom. The summed E-state index contributed by atoms with van der Waals surface area (Å²) >= 11 is 0. The molecule has 2 aromatic heterocycles. The van der Waals surface area contributed by atoms with Gasteiger partial charge in [0.1, 0.15) is 12.7 Å². The summed E-state index contributed by atoms with van der Waals surface area (Å²) in [6, 6.07) is 16.4. The Kier molecular flexibility index (Phi) is 4.33. The van der Waals surface area contributed by atoms with E-state index >= 15 is 0 Å². The molecule has 3 rings (SSSR count). The van der Waals surface area contributed by atoms with Crippen molar-refractivity contribution in [3.63, 3.8) is 0 Å². The lowest BCUT2D eigenvalue weighted by atomic mass is 10.0. The van der Waals surface area contributed by atoms with Gasteiger partial charge in [0.2, 0.25) is 0 Å². The first-order valence-corrected chi connectivity index (χ1v) is 6.95. The Labute approximate surface area is 123 Å². The molecule has 0 radical (unpaired) electrons. The average molecular weight is 279 g/mol. The van der Waals surface area contributed by atoms with Gasteiger partial charge in [0.25, 0.3) is 0 Å². The van der Waals surface area contributed by atoms with E-state index in [-0.39, 0.29) is 6.04 Å². The third-order valence-electron chi connectivity index (χ3n) is 3.27. The topological polar surface area (TPSA) is 55.6 Å². The van der Waals surface area contributed by atoms with Crippen LogP contribution in [0.25, 0.3) is 0 Å². The molecule has 1 aromatic carbocycles. The highest BCUT2D eigenvalue weighted by atomic mass is 15.3. The molecule has 3 aromatic rings. The van der Waals surface area contributed by atoms with Gasteiger partial charge in [0.15, 0.2) is 0 Å². The number of rotatable bonds is 6. The van der Waals surface area contributed by atoms with E-state index in [1.54, 1.807) is 12.7 Å². The van der Waals surface area contributed by atoms with Gasteiger partial charge in [-0.1, -0.05) is 36.4 Å². The zero-order valence-corrected chi connectivity index (χ0v) is 11.6. The highest BCUT2D eigenvalue weighted by molar-refractivity contribution is 5.27. The summed E-state index contributed by atoms with van der Waals surface area (Å²) in [5.74, 6) is 0. The molecule has 0 aliphatic heterocycles. The number of hydrogen-bond donors (Lipinski definition) is 1. The standard InChI is InChI=1S/C16H17N5/c1-2-6-14(7-3-1)16(15-8-4-5-9-18-15)19-10-11-21-13-17-12-20-21/h1-9,12-13,16,19H,10-11H2. The van der Waals surface area contributed by atoms with Crippen molar-refractivity contribution in [2.24, 2.45) is 0 Å². The molecule has 2 heterocycles. The van der Waals surface area contributed by atoms with Gasteiger partial charge in [-0.2, -0.15) is 5.10 Å². The monoisotopic (exact) mass is 279 g/mol. The molecule has 0 fully saturated rings. The molecular formula is C16H17N5. The number of aromatic nitrogens is 4. The lowest BCUT2D eigenvalue weighted by Crippen LogP contribution is -2.27. The normalized spacial score (nSPS) is 12.2.